The summed E-state index contributed by atoms with van der Waals surface area (Å²) in [5.41, 5.74) is 3.90. The molecular weight excluding hydrogens is 258 g/mol. The van der Waals surface area contributed by atoms with Gasteiger partial charge in [0.15, 0.2) is 0 Å². The number of ether oxygens (including phenoxy) is 1. The fourth-order valence-electron chi connectivity index (χ4n) is 3.37. The summed E-state index contributed by atoms with van der Waals surface area (Å²) in [4.78, 5) is 0. The SMILES string of the molecule is CCNCc1cc(C)c(OC2CCC(C)C(C)C2)c(C)c1. The Hall–Kier alpha value is -1.02. The fourth-order valence-corrected chi connectivity index (χ4v) is 3.37. The third kappa shape index (κ3) is 4.23. The molecule has 1 saturated carbocycles. The molecule has 0 amide bonds. The Balaban J connectivity index is 2.06. The highest BCUT2D eigenvalue weighted by molar-refractivity contribution is 5.43. The molecule has 0 radical (unpaired) electrons. The van der Waals surface area contributed by atoms with Crippen LogP contribution in [0.4, 0.5) is 0 Å². The van der Waals surface area contributed by atoms with Gasteiger partial charge in [0, 0.05) is 6.54 Å². The summed E-state index contributed by atoms with van der Waals surface area (Å²) < 4.78 is 6.37. The molecule has 0 bridgehead atoms. The molecule has 0 aliphatic heterocycles. The van der Waals surface area contributed by atoms with E-state index in [1.54, 1.807) is 0 Å². The molecule has 1 fully saturated rings. The minimum absolute atomic E-state index is 0.396. The van der Waals surface area contributed by atoms with Crippen LogP contribution >= 0.6 is 0 Å². The molecule has 0 spiro atoms. The summed E-state index contributed by atoms with van der Waals surface area (Å²) in [5, 5.41) is 3.39. The summed E-state index contributed by atoms with van der Waals surface area (Å²) in [6.45, 7) is 13.2. The molecule has 21 heavy (non-hydrogen) atoms. The van der Waals surface area contributed by atoms with Crippen LogP contribution in [0.3, 0.4) is 0 Å². The molecule has 118 valence electrons. The number of aryl methyl sites for hydroxylation is 2. The molecule has 1 aliphatic carbocycles. The highest BCUT2D eigenvalue weighted by atomic mass is 16.5. The zero-order valence-electron chi connectivity index (χ0n) is 14.3. The van der Waals surface area contributed by atoms with Crippen molar-refractivity contribution in [3.8, 4) is 5.75 Å². The zero-order chi connectivity index (χ0) is 15.4. The van der Waals surface area contributed by atoms with Crippen molar-refractivity contribution in [3.63, 3.8) is 0 Å². The molecule has 2 nitrogen and oxygen atoms in total. The number of hydrogen-bond acceptors (Lipinski definition) is 2. The normalized spacial score (nSPS) is 25.9. The van der Waals surface area contributed by atoms with E-state index in [0.717, 1.165) is 30.7 Å². The maximum atomic E-state index is 6.37. The van der Waals surface area contributed by atoms with Gasteiger partial charge in [-0.05, 0) is 68.2 Å². The van der Waals surface area contributed by atoms with Crippen molar-refractivity contribution in [1.29, 1.82) is 0 Å². The molecule has 0 saturated heterocycles. The predicted molar refractivity (Wildman–Crippen MR) is 89.9 cm³/mol. The zero-order valence-corrected chi connectivity index (χ0v) is 14.3. The van der Waals surface area contributed by atoms with Crippen LogP contribution in [-0.4, -0.2) is 12.6 Å². The van der Waals surface area contributed by atoms with E-state index in [0.29, 0.717) is 6.10 Å². The number of nitrogens with one attached hydrogen (secondary N) is 1. The van der Waals surface area contributed by atoms with Gasteiger partial charge in [0.05, 0.1) is 6.10 Å². The van der Waals surface area contributed by atoms with Crippen molar-refractivity contribution in [1.82, 2.24) is 5.32 Å². The predicted octanol–water partition coefficient (Wildman–Crippen LogP) is 4.62. The van der Waals surface area contributed by atoms with Gasteiger partial charge in [0.1, 0.15) is 5.75 Å². The molecule has 1 aromatic rings. The van der Waals surface area contributed by atoms with Crippen LogP contribution in [0, 0.1) is 25.7 Å². The Morgan fingerprint density at radius 3 is 2.33 bits per heavy atom. The number of hydrogen-bond donors (Lipinski definition) is 1. The maximum Gasteiger partial charge on any atom is 0.125 e. The Labute approximate surface area is 130 Å². The van der Waals surface area contributed by atoms with Crippen LogP contribution < -0.4 is 10.1 Å². The lowest BCUT2D eigenvalue weighted by Gasteiger charge is -2.33. The van der Waals surface area contributed by atoms with Crippen molar-refractivity contribution in [2.45, 2.75) is 66.5 Å². The Morgan fingerprint density at radius 2 is 1.76 bits per heavy atom. The second kappa shape index (κ2) is 7.31. The standard InChI is InChI=1S/C19H31NO/c1-6-20-12-17-9-15(4)19(16(5)10-17)21-18-8-7-13(2)14(3)11-18/h9-10,13-14,18,20H,6-8,11-12H2,1-5H3. The smallest absolute Gasteiger partial charge is 0.125 e. The third-order valence-corrected chi connectivity index (χ3v) is 4.93. The van der Waals surface area contributed by atoms with Crippen molar-refractivity contribution in [3.05, 3.63) is 28.8 Å². The first-order chi connectivity index (χ1) is 10.0. The van der Waals surface area contributed by atoms with E-state index in [1.807, 2.05) is 0 Å². The van der Waals surface area contributed by atoms with Crippen molar-refractivity contribution in [2.75, 3.05) is 6.54 Å². The Bertz CT molecular complexity index is 446. The topological polar surface area (TPSA) is 21.3 Å². The molecule has 0 heterocycles. The van der Waals surface area contributed by atoms with Gasteiger partial charge in [-0.3, -0.25) is 0 Å². The monoisotopic (exact) mass is 289 g/mol. The molecule has 0 aromatic heterocycles. The summed E-state index contributed by atoms with van der Waals surface area (Å²) >= 11 is 0. The first-order valence-corrected chi connectivity index (χ1v) is 8.48. The van der Waals surface area contributed by atoms with Crippen LogP contribution in [-0.2, 0) is 6.54 Å². The lowest BCUT2D eigenvalue weighted by Crippen LogP contribution is -2.29. The van der Waals surface area contributed by atoms with Gasteiger partial charge in [-0.15, -0.1) is 0 Å². The maximum absolute atomic E-state index is 6.37. The van der Waals surface area contributed by atoms with Gasteiger partial charge >= 0.3 is 0 Å². The first kappa shape index (κ1) is 16.4. The van der Waals surface area contributed by atoms with Gasteiger partial charge < -0.3 is 10.1 Å². The van der Waals surface area contributed by atoms with Crippen LogP contribution in [0.25, 0.3) is 0 Å². The van der Waals surface area contributed by atoms with Crippen molar-refractivity contribution in [2.24, 2.45) is 11.8 Å². The molecule has 2 rings (SSSR count). The van der Waals surface area contributed by atoms with Crippen molar-refractivity contribution < 1.29 is 4.74 Å². The van der Waals surface area contributed by atoms with Crippen LogP contribution in [0.15, 0.2) is 12.1 Å². The molecular formula is C19H31NO. The second-order valence-corrected chi connectivity index (χ2v) is 6.85. The minimum atomic E-state index is 0.396. The summed E-state index contributed by atoms with van der Waals surface area (Å²) in [6.07, 6.45) is 4.08. The molecule has 3 atom stereocenters. The fraction of sp³-hybridized carbons (Fsp3) is 0.684. The van der Waals surface area contributed by atoms with E-state index >= 15 is 0 Å². The number of benzene rings is 1. The van der Waals surface area contributed by atoms with E-state index in [2.05, 4.69) is 52.1 Å². The molecule has 1 N–H and O–H groups in total. The lowest BCUT2D eigenvalue weighted by atomic mass is 9.80. The third-order valence-electron chi connectivity index (χ3n) is 4.93. The lowest BCUT2D eigenvalue weighted by molar-refractivity contribution is 0.0993. The van der Waals surface area contributed by atoms with Crippen LogP contribution in [0.5, 0.6) is 5.75 Å². The van der Waals surface area contributed by atoms with Gasteiger partial charge in [-0.2, -0.15) is 0 Å². The highest BCUT2D eigenvalue weighted by Crippen LogP contribution is 2.34. The van der Waals surface area contributed by atoms with Gasteiger partial charge in [-0.1, -0.05) is 32.9 Å². The molecule has 3 unspecified atom stereocenters. The van der Waals surface area contributed by atoms with Gasteiger partial charge in [-0.25, -0.2) is 0 Å². The van der Waals surface area contributed by atoms with E-state index < -0.39 is 0 Å². The summed E-state index contributed by atoms with van der Waals surface area (Å²) in [5.74, 6) is 2.73. The average Bonchev–Trinajstić information content (AvgIpc) is 2.44. The quantitative estimate of drug-likeness (QED) is 0.854. The number of rotatable bonds is 5. The minimum Gasteiger partial charge on any atom is -0.490 e. The Morgan fingerprint density at radius 1 is 1.10 bits per heavy atom. The van der Waals surface area contributed by atoms with E-state index in [9.17, 15) is 0 Å². The van der Waals surface area contributed by atoms with Gasteiger partial charge in [0.2, 0.25) is 0 Å². The molecule has 1 aromatic carbocycles. The van der Waals surface area contributed by atoms with Crippen LogP contribution in [0.1, 0.15) is 56.7 Å². The highest BCUT2D eigenvalue weighted by Gasteiger charge is 2.26. The summed E-state index contributed by atoms with van der Waals surface area (Å²) in [6, 6.07) is 4.53. The second-order valence-electron chi connectivity index (χ2n) is 6.85. The largest absolute Gasteiger partial charge is 0.490 e. The van der Waals surface area contributed by atoms with Crippen LogP contribution in [0.2, 0.25) is 0 Å². The van der Waals surface area contributed by atoms with E-state index in [4.69, 9.17) is 4.74 Å². The molecule has 2 heteroatoms. The Kier molecular flexibility index (Phi) is 5.69. The van der Waals surface area contributed by atoms with E-state index in [1.165, 1.54) is 36.0 Å². The van der Waals surface area contributed by atoms with Gasteiger partial charge in [0.25, 0.3) is 0 Å². The summed E-state index contributed by atoms with van der Waals surface area (Å²) in [7, 11) is 0. The molecule has 1 aliphatic rings. The van der Waals surface area contributed by atoms with Crippen molar-refractivity contribution >= 4 is 0 Å². The first-order valence-electron chi connectivity index (χ1n) is 8.48. The van der Waals surface area contributed by atoms with E-state index in [-0.39, 0.29) is 0 Å². The average molecular weight is 289 g/mol.